The molecule has 0 aromatic heterocycles. The van der Waals surface area contributed by atoms with E-state index in [1.54, 1.807) is 0 Å². The molecule has 0 saturated carbocycles. The number of hydrogen-bond acceptors (Lipinski definition) is 5. The summed E-state index contributed by atoms with van der Waals surface area (Å²) in [4.78, 5) is 27.9. The Hall–Kier alpha value is -0.980. The van der Waals surface area contributed by atoms with Gasteiger partial charge in [-0.05, 0) is 26.7 Å². The normalized spacial score (nSPS) is 21.6. The van der Waals surface area contributed by atoms with Crippen molar-refractivity contribution in [1.82, 2.24) is 10.8 Å². The smallest absolute Gasteiger partial charge is 0.223 e. The van der Waals surface area contributed by atoms with E-state index in [0.717, 1.165) is 6.42 Å². The maximum Gasteiger partial charge on any atom is 0.223 e. The lowest BCUT2D eigenvalue weighted by atomic mass is 9.97. The highest BCUT2D eigenvalue weighted by molar-refractivity contribution is 5.86. The van der Waals surface area contributed by atoms with Crippen LogP contribution in [0.3, 0.4) is 0 Å². The number of carbonyl (C=O) groups is 2. The van der Waals surface area contributed by atoms with Gasteiger partial charge in [0.15, 0.2) is 5.78 Å². The molecular formula is C11H21N3O3. The number of hydrogen-bond donors (Lipinski definition) is 3. The first kappa shape index (κ1) is 14.1. The zero-order valence-corrected chi connectivity index (χ0v) is 10.4. The lowest BCUT2D eigenvalue weighted by Gasteiger charge is -2.14. The summed E-state index contributed by atoms with van der Waals surface area (Å²) in [5.74, 6) is -0.320. The molecule has 1 rings (SSSR count). The molecule has 6 nitrogen and oxygen atoms in total. The van der Waals surface area contributed by atoms with E-state index in [1.165, 1.54) is 0 Å². The van der Waals surface area contributed by atoms with Gasteiger partial charge in [-0.3, -0.25) is 14.4 Å². The van der Waals surface area contributed by atoms with Crippen LogP contribution in [0.5, 0.6) is 0 Å². The van der Waals surface area contributed by atoms with Crippen LogP contribution in [-0.2, 0) is 14.4 Å². The molecule has 0 spiro atoms. The van der Waals surface area contributed by atoms with Crippen molar-refractivity contribution < 1.29 is 14.4 Å². The van der Waals surface area contributed by atoms with Crippen LogP contribution in [0.2, 0.25) is 0 Å². The predicted octanol–water partition coefficient (Wildman–Crippen LogP) is -0.661. The van der Waals surface area contributed by atoms with Gasteiger partial charge in [-0.2, -0.15) is 5.48 Å². The lowest BCUT2D eigenvalue weighted by molar-refractivity contribution is -0.129. The highest BCUT2D eigenvalue weighted by atomic mass is 16.6. The van der Waals surface area contributed by atoms with Gasteiger partial charge < -0.3 is 11.1 Å². The molecule has 2 atom stereocenters. The van der Waals surface area contributed by atoms with Crippen LogP contribution in [-0.4, -0.2) is 36.9 Å². The number of Topliss-reactive ketones (excluding diaryl/α,β-unsaturated/α-hetero) is 1. The van der Waals surface area contributed by atoms with Crippen LogP contribution in [0.1, 0.15) is 26.7 Å². The molecular weight excluding hydrogens is 222 g/mol. The number of nitrogens with two attached hydrogens (primary N) is 1. The summed E-state index contributed by atoms with van der Waals surface area (Å²) in [6.45, 7) is 4.43. The van der Waals surface area contributed by atoms with E-state index in [9.17, 15) is 9.59 Å². The third-order valence-electron chi connectivity index (χ3n) is 2.65. The Morgan fingerprint density at radius 1 is 1.65 bits per heavy atom. The fourth-order valence-corrected chi connectivity index (χ4v) is 1.69. The minimum Gasteiger partial charge on any atom is -0.356 e. The van der Waals surface area contributed by atoms with Crippen LogP contribution in [0.15, 0.2) is 0 Å². The van der Waals surface area contributed by atoms with Crippen LogP contribution in [0.4, 0.5) is 0 Å². The molecule has 17 heavy (non-hydrogen) atoms. The summed E-state index contributed by atoms with van der Waals surface area (Å²) in [6.07, 6.45) is 1.15. The van der Waals surface area contributed by atoms with E-state index in [1.807, 2.05) is 13.8 Å². The number of carbonyl (C=O) groups excluding carboxylic acids is 2. The van der Waals surface area contributed by atoms with Crippen LogP contribution in [0, 0.1) is 5.92 Å². The Balaban J connectivity index is 2.24. The summed E-state index contributed by atoms with van der Waals surface area (Å²) < 4.78 is 0. The first-order valence-corrected chi connectivity index (χ1v) is 5.94. The zero-order valence-electron chi connectivity index (χ0n) is 10.4. The van der Waals surface area contributed by atoms with E-state index in [-0.39, 0.29) is 30.3 Å². The van der Waals surface area contributed by atoms with Crippen molar-refractivity contribution >= 4 is 11.7 Å². The van der Waals surface area contributed by atoms with Crippen LogP contribution >= 0.6 is 0 Å². The molecule has 1 amide bonds. The molecule has 1 aliphatic heterocycles. The molecule has 1 aliphatic rings. The number of hydroxylamine groups is 1. The van der Waals surface area contributed by atoms with Gasteiger partial charge in [0.05, 0.1) is 6.04 Å². The fraction of sp³-hybridized carbons (Fsp3) is 0.818. The first-order valence-electron chi connectivity index (χ1n) is 5.94. The molecule has 0 bridgehead atoms. The fourth-order valence-electron chi connectivity index (χ4n) is 1.69. The number of amides is 1. The van der Waals surface area contributed by atoms with Gasteiger partial charge in [-0.1, -0.05) is 0 Å². The number of rotatable bonds is 7. The van der Waals surface area contributed by atoms with Crippen molar-refractivity contribution in [3.63, 3.8) is 0 Å². The second-order valence-corrected chi connectivity index (χ2v) is 4.65. The van der Waals surface area contributed by atoms with E-state index in [0.29, 0.717) is 13.0 Å². The average molecular weight is 243 g/mol. The molecule has 0 aromatic rings. The Morgan fingerprint density at radius 2 is 2.35 bits per heavy atom. The minimum absolute atomic E-state index is 0.00512. The summed E-state index contributed by atoms with van der Waals surface area (Å²) >= 11 is 0. The predicted molar refractivity (Wildman–Crippen MR) is 62.9 cm³/mol. The summed E-state index contributed by atoms with van der Waals surface area (Å²) in [5.41, 5.74) is 8.42. The maximum atomic E-state index is 11.6. The quantitative estimate of drug-likeness (QED) is 0.516. The molecule has 1 heterocycles. The topological polar surface area (TPSA) is 93.4 Å². The second-order valence-electron chi connectivity index (χ2n) is 4.65. The van der Waals surface area contributed by atoms with Crippen molar-refractivity contribution in [2.24, 2.45) is 11.7 Å². The van der Waals surface area contributed by atoms with Gasteiger partial charge in [0.1, 0.15) is 6.61 Å². The minimum atomic E-state index is -0.627. The molecule has 0 aromatic carbocycles. The molecule has 98 valence electrons. The molecule has 0 aliphatic carbocycles. The summed E-state index contributed by atoms with van der Waals surface area (Å²) in [7, 11) is 0. The van der Waals surface area contributed by atoms with E-state index < -0.39 is 6.04 Å². The van der Waals surface area contributed by atoms with Crippen molar-refractivity contribution in [2.75, 3.05) is 13.2 Å². The summed E-state index contributed by atoms with van der Waals surface area (Å²) in [5, 5.41) is 2.72. The molecule has 1 fully saturated rings. The standard InChI is InChI=1S/C11H21N3O3/c1-7(2)14-17-6-10(15)9(12)5-8-3-4-13-11(8)16/h7-9,14H,3-6,12H2,1-2H3,(H,13,16). The SMILES string of the molecule is CC(C)NOCC(=O)C(N)CC1CCNC1=O. The van der Waals surface area contributed by atoms with E-state index in [2.05, 4.69) is 10.8 Å². The van der Waals surface area contributed by atoms with Crippen molar-refractivity contribution in [3.8, 4) is 0 Å². The van der Waals surface area contributed by atoms with E-state index in [4.69, 9.17) is 10.6 Å². The average Bonchev–Trinajstić information content (AvgIpc) is 2.63. The van der Waals surface area contributed by atoms with Crippen LogP contribution < -0.4 is 16.5 Å². The zero-order chi connectivity index (χ0) is 12.8. The first-order chi connectivity index (χ1) is 8.00. The largest absolute Gasteiger partial charge is 0.356 e. The highest BCUT2D eigenvalue weighted by Gasteiger charge is 2.28. The molecule has 2 unspecified atom stereocenters. The van der Waals surface area contributed by atoms with Gasteiger partial charge in [0, 0.05) is 18.5 Å². The Morgan fingerprint density at radius 3 is 2.88 bits per heavy atom. The number of ketones is 1. The monoisotopic (exact) mass is 243 g/mol. The Labute approximate surface area is 101 Å². The van der Waals surface area contributed by atoms with E-state index >= 15 is 0 Å². The third-order valence-corrected chi connectivity index (χ3v) is 2.65. The van der Waals surface area contributed by atoms with Crippen molar-refractivity contribution in [3.05, 3.63) is 0 Å². The lowest BCUT2D eigenvalue weighted by Crippen LogP contribution is -2.38. The van der Waals surface area contributed by atoms with Crippen molar-refractivity contribution in [2.45, 2.75) is 38.8 Å². The van der Waals surface area contributed by atoms with Gasteiger partial charge >= 0.3 is 0 Å². The molecule has 4 N–H and O–H groups in total. The van der Waals surface area contributed by atoms with Crippen molar-refractivity contribution in [1.29, 1.82) is 0 Å². The Kier molecular flexibility index (Phi) is 5.54. The molecule has 0 radical (unpaired) electrons. The van der Waals surface area contributed by atoms with Gasteiger partial charge in [0.25, 0.3) is 0 Å². The third kappa shape index (κ3) is 4.80. The Bertz CT molecular complexity index is 281. The molecule has 1 saturated heterocycles. The maximum absolute atomic E-state index is 11.6. The van der Waals surface area contributed by atoms with Gasteiger partial charge in [0.2, 0.25) is 5.91 Å². The number of nitrogens with one attached hydrogen (secondary N) is 2. The highest BCUT2D eigenvalue weighted by Crippen LogP contribution is 2.15. The van der Waals surface area contributed by atoms with Crippen LogP contribution in [0.25, 0.3) is 0 Å². The van der Waals surface area contributed by atoms with Gasteiger partial charge in [-0.25, -0.2) is 0 Å². The molecule has 6 heteroatoms. The summed E-state index contributed by atoms with van der Waals surface area (Å²) in [6, 6.07) is -0.475. The van der Waals surface area contributed by atoms with Gasteiger partial charge in [-0.15, -0.1) is 0 Å². The second kappa shape index (κ2) is 6.68.